The van der Waals surface area contributed by atoms with E-state index in [9.17, 15) is 14.0 Å². The number of amides is 2. The number of nitrogens with zero attached hydrogens (tertiary/aromatic N) is 1. The van der Waals surface area contributed by atoms with E-state index >= 15 is 0 Å². The monoisotopic (exact) mass is 406 g/mol. The van der Waals surface area contributed by atoms with Crippen LogP contribution in [0.2, 0.25) is 0 Å². The molecule has 3 aromatic rings. The van der Waals surface area contributed by atoms with E-state index in [1.807, 2.05) is 30.3 Å². The highest BCUT2D eigenvalue weighted by Gasteiger charge is 2.28. The second-order valence-corrected chi connectivity index (χ2v) is 6.95. The van der Waals surface area contributed by atoms with Gasteiger partial charge >= 0.3 is 5.91 Å². The number of furan rings is 1. The molecule has 0 unspecified atom stereocenters. The van der Waals surface area contributed by atoms with Crippen molar-refractivity contribution in [2.24, 2.45) is 0 Å². The minimum Gasteiger partial charge on any atom is -0.455 e. The zero-order valence-corrected chi connectivity index (χ0v) is 16.0. The smallest absolute Gasteiger partial charge is 0.310 e. The lowest BCUT2D eigenvalue weighted by Crippen LogP contribution is -2.36. The number of nitrogens with one attached hydrogen (secondary N) is 1. The van der Waals surface area contributed by atoms with E-state index in [2.05, 4.69) is 0 Å². The van der Waals surface area contributed by atoms with Gasteiger partial charge in [0, 0.05) is 30.6 Å². The van der Waals surface area contributed by atoms with Crippen LogP contribution < -0.4 is 5.48 Å². The van der Waals surface area contributed by atoms with Crippen molar-refractivity contribution in [3.05, 3.63) is 94.7 Å². The fraction of sp³-hybridized carbons (Fsp3) is 0.130. The molecule has 0 fully saturated rings. The molecule has 4 rings (SSSR count). The number of rotatable bonds is 4. The van der Waals surface area contributed by atoms with E-state index in [0.717, 1.165) is 5.56 Å². The summed E-state index contributed by atoms with van der Waals surface area (Å²) in [7, 11) is 0. The van der Waals surface area contributed by atoms with Crippen molar-refractivity contribution in [2.45, 2.75) is 13.0 Å². The summed E-state index contributed by atoms with van der Waals surface area (Å²) >= 11 is 0. The third-order valence-electron chi connectivity index (χ3n) is 4.98. The van der Waals surface area contributed by atoms with Crippen LogP contribution in [0, 0.1) is 5.82 Å². The molecule has 1 aliphatic rings. The Morgan fingerprint density at radius 3 is 2.53 bits per heavy atom. The molecule has 1 aromatic heterocycles. The van der Waals surface area contributed by atoms with E-state index in [1.54, 1.807) is 28.6 Å². The first-order chi connectivity index (χ1) is 14.5. The maximum Gasteiger partial charge on any atom is 0.310 e. The predicted octanol–water partition coefficient (Wildman–Crippen LogP) is 3.66. The summed E-state index contributed by atoms with van der Waals surface area (Å²) in [5.41, 5.74) is 4.17. The van der Waals surface area contributed by atoms with Gasteiger partial charge in [-0.05, 0) is 35.4 Å². The van der Waals surface area contributed by atoms with Gasteiger partial charge in [-0.3, -0.25) is 14.8 Å². The van der Waals surface area contributed by atoms with Crippen LogP contribution in [0.15, 0.2) is 65.1 Å². The molecule has 30 heavy (non-hydrogen) atoms. The zero-order chi connectivity index (χ0) is 21.1. The van der Waals surface area contributed by atoms with Gasteiger partial charge in [0.2, 0.25) is 0 Å². The highest BCUT2D eigenvalue weighted by molar-refractivity contribution is 6.24. The van der Waals surface area contributed by atoms with Crippen molar-refractivity contribution >= 4 is 23.5 Å². The molecule has 1 aliphatic heterocycles. The van der Waals surface area contributed by atoms with Gasteiger partial charge in [-0.1, -0.05) is 42.5 Å². The lowest BCUT2D eigenvalue weighted by Gasteiger charge is -2.27. The molecule has 0 spiro atoms. The number of carbonyl (C=O) groups excluding carboxylic acids is 2. The average Bonchev–Trinajstić information content (AvgIpc) is 3.21. The normalized spacial score (nSPS) is 13.7. The molecule has 2 aromatic carbocycles. The van der Waals surface area contributed by atoms with Crippen molar-refractivity contribution in [3.63, 3.8) is 0 Å². The second-order valence-electron chi connectivity index (χ2n) is 6.95. The van der Waals surface area contributed by atoms with Crippen LogP contribution in [-0.4, -0.2) is 28.5 Å². The van der Waals surface area contributed by atoms with Gasteiger partial charge in [0.1, 0.15) is 11.6 Å². The second kappa shape index (κ2) is 8.34. The van der Waals surface area contributed by atoms with Crippen molar-refractivity contribution in [1.82, 2.24) is 10.4 Å². The van der Waals surface area contributed by atoms with Crippen LogP contribution in [-0.2, 0) is 17.8 Å². The molecule has 0 saturated carbocycles. The molecule has 0 radical (unpaired) electrons. The van der Waals surface area contributed by atoms with Gasteiger partial charge in [0.15, 0.2) is 5.76 Å². The Bertz CT molecular complexity index is 1100. The first kappa shape index (κ1) is 19.6. The highest BCUT2D eigenvalue weighted by Crippen LogP contribution is 2.27. The number of halogens is 1. The van der Waals surface area contributed by atoms with Gasteiger partial charge in [0.25, 0.3) is 5.91 Å². The fourth-order valence-corrected chi connectivity index (χ4v) is 3.46. The quantitative estimate of drug-likeness (QED) is 0.300. The van der Waals surface area contributed by atoms with Crippen LogP contribution in [0.4, 0.5) is 4.39 Å². The Kier molecular flexibility index (Phi) is 5.45. The van der Waals surface area contributed by atoms with Crippen LogP contribution in [0.25, 0.3) is 11.6 Å². The summed E-state index contributed by atoms with van der Waals surface area (Å²) in [5.74, 6) is -0.701. The van der Waals surface area contributed by atoms with E-state index in [-0.39, 0.29) is 24.0 Å². The Labute approximate surface area is 172 Å². The zero-order valence-electron chi connectivity index (χ0n) is 16.0. The van der Waals surface area contributed by atoms with Crippen LogP contribution in [0.1, 0.15) is 33.0 Å². The molecular weight excluding hydrogens is 387 g/mol. The fourth-order valence-electron chi connectivity index (χ4n) is 3.46. The first-order valence-electron chi connectivity index (χ1n) is 9.43. The van der Waals surface area contributed by atoms with E-state index in [0.29, 0.717) is 35.4 Å². The number of fused-ring (bicyclic) bond motifs is 1. The topological polar surface area (TPSA) is 82.8 Å². The molecule has 2 N–H and O–H groups in total. The standard InChI is InChI=1S/C23H19FN2O4/c24-18-8-6-16(7-9-18)19(12-15-4-2-1-3-5-15)23(28)26-11-10-20-17(14-26)13-21(30-20)22(27)25-29/h1-9,12-13,29H,10-11,14H2,(H,25,27)/b19-12-. The predicted molar refractivity (Wildman–Crippen MR) is 108 cm³/mol. The third-order valence-corrected chi connectivity index (χ3v) is 4.98. The maximum absolute atomic E-state index is 13.4. The van der Waals surface area contributed by atoms with Crippen molar-refractivity contribution in [3.8, 4) is 0 Å². The summed E-state index contributed by atoms with van der Waals surface area (Å²) in [5, 5.41) is 8.79. The van der Waals surface area contributed by atoms with Crippen LogP contribution >= 0.6 is 0 Å². The van der Waals surface area contributed by atoms with Crippen molar-refractivity contribution in [1.29, 1.82) is 0 Å². The first-order valence-corrected chi connectivity index (χ1v) is 9.43. The van der Waals surface area contributed by atoms with Crippen molar-refractivity contribution < 1.29 is 23.6 Å². The molecule has 0 bridgehead atoms. The van der Waals surface area contributed by atoms with Gasteiger partial charge in [0.05, 0.1) is 0 Å². The number of hydrogen-bond donors (Lipinski definition) is 2. The Morgan fingerprint density at radius 1 is 1.10 bits per heavy atom. The minimum absolute atomic E-state index is 0.00427. The van der Waals surface area contributed by atoms with Gasteiger partial charge in [-0.15, -0.1) is 0 Å². The summed E-state index contributed by atoms with van der Waals surface area (Å²) in [4.78, 5) is 26.7. The SMILES string of the molecule is O=C(NO)c1cc2c(o1)CCN(C(=O)/C(=C\c1ccccc1)c1ccc(F)cc1)C2. The number of benzene rings is 2. The summed E-state index contributed by atoms with van der Waals surface area (Å²) in [6.45, 7) is 0.677. The number of carbonyl (C=O) groups is 2. The highest BCUT2D eigenvalue weighted by atomic mass is 19.1. The largest absolute Gasteiger partial charge is 0.455 e. The molecule has 6 nitrogen and oxygen atoms in total. The Balaban J connectivity index is 1.65. The molecular formula is C23H19FN2O4. The van der Waals surface area contributed by atoms with Crippen LogP contribution in [0.3, 0.4) is 0 Å². The van der Waals surface area contributed by atoms with E-state index in [1.165, 1.54) is 18.2 Å². The molecule has 152 valence electrons. The summed E-state index contributed by atoms with van der Waals surface area (Å²) < 4.78 is 18.9. The van der Waals surface area contributed by atoms with E-state index in [4.69, 9.17) is 9.62 Å². The Morgan fingerprint density at radius 2 is 1.83 bits per heavy atom. The summed E-state index contributed by atoms with van der Waals surface area (Å²) in [6, 6.07) is 16.8. The lowest BCUT2D eigenvalue weighted by molar-refractivity contribution is -0.125. The van der Waals surface area contributed by atoms with Crippen LogP contribution in [0.5, 0.6) is 0 Å². The Hall–Kier alpha value is -3.71. The molecule has 2 heterocycles. The van der Waals surface area contributed by atoms with Gasteiger partial charge in [-0.2, -0.15) is 0 Å². The molecule has 7 heteroatoms. The van der Waals surface area contributed by atoms with Gasteiger partial charge in [-0.25, -0.2) is 9.87 Å². The van der Waals surface area contributed by atoms with Crippen molar-refractivity contribution in [2.75, 3.05) is 6.54 Å². The molecule has 0 saturated heterocycles. The lowest BCUT2D eigenvalue weighted by atomic mass is 9.99. The molecule has 0 aliphatic carbocycles. The van der Waals surface area contributed by atoms with E-state index < -0.39 is 5.91 Å². The number of hydrogen-bond acceptors (Lipinski definition) is 4. The number of hydroxylamine groups is 1. The third kappa shape index (κ3) is 4.01. The maximum atomic E-state index is 13.4. The minimum atomic E-state index is -0.738. The molecule has 0 atom stereocenters. The molecule has 2 amide bonds. The van der Waals surface area contributed by atoms with Gasteiger partial charge < -0.3 is 9.32 Å². The summed E-state index contributed by atoms with van der Waals surface area (Å²) in [6.07, 6.45) is 2.23. The average molecular weight is 406 g/mol.